The van der Waals surface area contributed by atoms with Crippen LogP contribution in [0.2, 0.25) is 0 Å². The van der Waals surface area contributed by atoms with Crippen molar-refractivity contribution >= 4 is 17.5 Å². The highest BCUT2D eigenvalue weighted by Crippen LogP contribution is 2.18. The second kappa shape index (κ2) is 7.25. The highest BCUT2D eigenvalue weighted by molar-refractivity contribution is 6.04. The Labute approximate surface area is 126 Å². The summed E-state index contributed by atoms with van der Waals surface area (Å²) in [4.78, 5) is 28.1. The summed E-state index contributed by atoms with van der Waals surface area (Å²) in [7, 11) is 0. The first-order valence-corrected chi connectivity index (χ1v) is 7.75. The topological polar surface area (TPSA) is 40.6 Å². The zero-order valence-electron chi connectivity index (χ0n) is 12.9. The van der Waals surface area contributed by atoms with Crippen LogP contribution in [0.15, 0.2) is 30.3 Å². The van der Waals surface area contributed by atoms with Crippen molar-refractivity contribution in [1.29, 1.82) is 0 Å². The van der Waals surface area contributed by atoms with Crippen molar-refractivity contribution in [3.8, 4) is 0 Å². The molecular weight excluding hydrogens is 264 g/mol. The molecule has 0 unspecified atom stereocenters. The van der Waals surface area contributed by atoms with Crippen LogP contribution in [0.25, 0.3) is 0 Å². The zero-order chi connectivity index (χ0) is 15.2. The van der Waals surface area contributed by atoms with E-state index in [0.29, 0.717) is 12.5 Å². The van der Waals surface area contributed by atoms with E-state index in [1.165, 1.54) is 0 Å². The molecule has 21 heavy (non-hydrogen) atoms. The lowest BCUT2D eigenvalue weighted by atomic mass is 9.99. The quantitative estimate of drug-likeness (QED) is 0.799. The molecular formula is C17H24N2O2. The van der Waals surface area contributed by atoms with E-state index >= 15 is 0 Å². The van der Waals surface area contributed by atoms with Gasteiger partial charge in [-0.25, -0.2) is 0 Å². The minimum absolute atomic E-state index is 0.0306. The highest BCUT2D eigenvalue weighted by atomic mass is 16.2. The van der Waals surface area contributed by atoms with Crippen LogP contribution >= 0.6 is 0 Å². The summed E-state index contributed by atoms with van der Waals surface area (Å²) in [6.45, 7) is 6.28. The molecule has 1 heterocycles. The van der Waals surface area contributed by atoms with Gasteiger partial charge >= 0.3 is 0 Å². The van der Waals surface area contributed by atoms with Crippen LogP contribution in [0, 0.1) is 5.92 Å². The number of benzene rings is 1. The maximum absolute atomic E-state index is 12.4. The smallest absolute Gasteiger partial charge is 0.236 e. The Morgan fingerprint density at radius 3 is 2.38 bits per heavy atom. The first-order chi connectivity index (χ1) is 10.1. The van der Waals surface area contributed by atoms with E-state index in [1.807, 2.05) is 42.2 Å². The first-order valence-electron chi connectivity index (χ1n) is 7.75. The standard InChI is InChI=1S/C17H24N2O2/c1-3-19(15-7-5-4-6-8-15)17(21)13-16(20)18-11-9-14(2)10-12-18/h4-8,14H,3,9-13H2,1-2H3. The molecule has 0 bridgehead atoms. The van der Waals surface area contributed by atoms with Crippen molar-refractivity contribution in [2.75, 3.05) is 24.5 Å². The van der Waals surface area contributed by atoms with Gasteiger partial charge in [0.05, 0.1) is 0 Å². The molecule has 0 radical (unpaired) electrons. The predicted molar refractivity (Wildman–Crippen MR) is 84.1 cm³/mol. The van der Waals surface area contributed by atoms with Gasteiger partial charge in [-0.3, -0.25) is 9.59 Å². The number of nitrogens with zero attached hydrogens (tertiary/aromatic N) is 2. The molecule has 2 rings (SSSR count). The number of amides is 2. The Hall–Kier alpha value is -1.84. The van der Waals surface area contributed by atoms with Gasteiger partial charge in [0.2, 0.25) is 11.8 Å². The summed E-state index contributed by atoms with van der Waals surface area (Å²) in [5, 5.41) is 0. The molecule has 4 nitrogen and oxygen atoms in total. The number of carbonyl (C=O) groups is 2. The minimum Gasteiger partial charge on any atom is -0.342 e. The number of carbonyl (C=O) groups excluding carboxylic acids is 2. The van der Waals surface area contributed by atoms with E-state index in [4.69, 9.17) is 0 Å². The van der Waals surface area contributed by atoms with Gasteiger partial charge in [0.15, 0.2) is 0 Å². The van der Waals surface area contributed by atoms with Crippen LogP contribution in [-0.2, 0) is 9.59 Å². The normalized spacial score (nSPS) is 15.8. The van der Waals surface area contributed by atoms with Gasteiger partial charge < -0.3 is 9.80 Å². The number of hydrogen-bond donors (Lipinski definition) is 0. The van der Waals surface area contributed by atoms with E-state index in [2.05, 4.69) is 6.92 Å². The van der Waals surface area contributed by atoms with Crippen LogP contribution in [0.5, 0.6) is 0 Å². The Bertz CT molecular complexity index is 479. The van der Waals surface area contributed by atoms with Crippen LogP contribution in [0.4, 0.5) is 5.69 Å². The number of para-hydroxylation sites is 1. The molecule has 1 aliphatic rings. The molecule has 0 aromatic heterocycles. The van der Waals surface area contributed by atoms with Crippen molar-refractivity contribution in [2.45, 2.75) is 33.1 Å². The molecule has 1 fully saturated rings. The molecule has 0 spiro atoms. The summed E-state index contributed by atoms with van der Waals surface area (Å²) in [6.07, 6.45) is 2.04. The lowest BCUT2D eigenvalue weighted by Gasteiger charge is -2.31. The summed E-state index contributed by atoms with van der Waals surface area (Å²) < 4.78 is 0. The summed E-state index contributed by atoms with van der Waals surface area (Å²) in [5.74, 6) is 0.523. The molecule has 0 aliphatic carbocycles. The molecule has 1 aromatic carbocycles. The lowest BCUT2D eigenvalue weighted by Crippen LogP contribution is -2.41. The second-order valence-electron chi connectivity index (χ2n) is 5.71. The maximum atomic E-state index is 12.4. The monoisotopic (exact) mass is 288 g/mol. The van der Waals surface area contributed by atoms with Crippen molar-refractivity contribution in [2.24, 2.45) is 5.92 Å². The van der Waals surface area contributed by atoms with E-state index in [9.17, 15) is 9.59 Å². The Morgan fingerprint density at radius 1 is 1.19 bits per heavy atom. The third kappa shape index (κ3) is 4.06. The van der Waals surface area contributed by atoms with Gasteiger partial charge in [-0.2, -0.15) is 0 Å². The number of hydrogen-bond acceptors (Lipinski definition) is 2. The Morgan fingerprint density at radius 2 is 1.81 bits per heavy atom. The molecule has 1 saturated heterocycles. The zero-order valence-corrected chi connectivity index (χ0v) is 12.9. The molecule has 0 saturated carbocycles. The van der Waals surface area contributed by atoms with Crippen molar-refractivity contribution in [3.63, 3.8) is 0 Å². The van der Waals surface area contributed by atoms with Crippen LogP contribution in [0.1, 0.15) is 33.1 Å². The molecule has 1 aromatic rings. The van der Waals surface area contributed by atoms with E-state index in [-0.39, 0.29) is 18.2 Å². The average molecular weight is 288 g/mol. The van der Waals surface area contributed by atoms with Crippen LogP contribution < -0.4 is 4.90 Å². The van der Waals surface area contributed by atoms with Crippen LogP contribution in [0.3, 0.4) is 0 Å². The predicted octanol–water partition coefficient (Wildman–Crippen LogP) is 2.69. The third-order valence-corrected chi connectivity index (χ3v) is 4.12. The Kier molecular flexibility index (Phi) is 5.37. The van der Waals surface area contributed by atoms with Gasteiger partial charge in [0.1, 0.15) is 6.42 Å². The van der Waals surface area contributed by atoms with E-state index in [1.54, 1.807) is 4.90 Å². The van der Waals surface area contributed by atoms with E-state index < -0.39 is 0 Å². The average Bonchev–Trinajstić information content (AvgIpc) is 2.49. The third-order valence-electron chi connectivity index (χ3n) is 4.12. The summed E-state index contributed by atoms with van der Waals surface area (Å²) in [6, 6.07) is 9.52. The van der Waals surface area contributed by atoms with Gasteiger partial charge in [-0.05, 0) is 37.8 Å². The number of rotatable bonds is 4. The maximum Gasteiger partial charge on any atom is 0.236 e. The van der Waals surface area contributed by atoms with Crippen molar-refractivity contribution < 1.29 is 9.59 Å². The van der Waals surface area contributed by atoms with Gasteiger partial charge in [0, 0.05) is 25.3 Å². The number of likely N-dealkylation sites (tertiary alicyclic amines) is 1. The fraction of sp³-hybridized carbons (Fsp3) is 0.529. The molecule has 114 valence electrons. The second-order valence-corrected chi connectivity index (χ2v) is 5.71. The van der Waals surface area contributed by atoms with Gasteiger partial charge in [0.25, 0.3) is 0 Å². The van der Waals surface area contributed by atoms with Crippen LogP contribution in [-0.4, -0.2) is 36.3 Å². The lowest BCUT2D eigenvalue weighted by molar-refractivity contribution is -0.136. The molecule has 1 aliphatic heterocycles. The highest BCUT2D eigenvalue weighted by Gasteiger charge is 2.24. The fourth-order valence-corrected chi connectivity index (χ4v) is 2.71. The molecule has 0 atom stereocenters. The summed E-state index contributed by atoms with van der Waals surface area (Å²) >= 11 is 0. The SMILES string of the molecule is CCN(C(=O)CC(=O)N1CCC(C)CC1)c1ccccc1. The van der Waals surface area contributed by atoms with Crippen molar-refractivity contribution in [1.82, 2.24) is 4.90 Å². The van der Waals surface area contributed by atoms with Gasteiger partial charge in [-0.1, -0.05) is 25.1 Å². The van der Waals surface area contributed by atoms with E-state index in [0.717, 1.165) is 31.6 Å². The molecule has 4 heteroatoms. The molecule has 0 N–H and O–H groups in total. The fourth-order valence-electron chi connectivity index (χ4n) is 2.71. The number of anilines is 1. The minimum atomic E-state index is -0.118. The van der Waals surface area contributed by atoms with Gasteiger partial charge in [-0.15, -0.1) is 0 Å². The first kappa shape index (κ1) is 15.5. The largest absolute Gasteiger partial charge is 0.342 e. The number of piperidine rings is 1. The molecule has 2 amide bonds. The Balaban J connectivity index is 1.95. The van der Waals surface area contributed by atoms with Crippen molar-refractivity contribution in [3.05, 3.63) is 30.3 Å². The summed E-state index contributed by atoms with van der Waals surface area (Å²) in [5.41, 5.74) is 0.852.